The van der Waals surface area contributed by atoms with E-state index in [4.69, 9.17) is 5.73 Å². The third kappa shape index (κ3) is 4.28. The van der Waals surface area contributed by atoms with Gasteiger partial charge < -0.3 is 5.73 Å². The molecule has 0 bridgehead atoms. The molecule has 1 rings (SSSR count). The predicted molar refractivity (Wildman–Crippen MR) is 54.5 cm³/mol. The monoisotopic (exact) mass is 200 g/mol. The molecule has 0 aromatic carbocycles. The van der Waals surface area contributed by atoms with Crippen LogP contribution in [-0.4, -0.2) is 27.0 Å². The first-order valence-electron chi connectivity index (χ1n) is 4.42. The minimum absolute atomic E-state index is 0.245. The SMILES string of the molecule is CC(C)C[C@H](N)CSc1ncn[nH]1. The number of rotatable bonds is 5. The van der Waals surface area contributed by atoms with Gasteiger partial charge in [-0.2, -0.15) is 5.10 Å². The van der Waals surface area contributed by atoms with Crippen molar-refractivity contribution in [3.05, 3.63) is 6.33 Å². The second kappa shape index (κ2) is 5.24. The van der Waals surface area contributed by atoms with Gasteiger partial charge in [0.1, 0.15) is 6.33 Å². The van der Waals surface area contributed by atoms with Crippen LogP contribution in [0.15, 0.2) is 11.5 Å². The van der Waals surface area contributed by atoms with Gasteiger partial charge in [0, 0.05) is 11.8 Å². The minimum Gasteiger partial charge on any atom is -0.327 e. The van der Waals surface area contributed by atoms with Crippen molar-refractivity contribution in [1.29, 1.82) is 0 Å². The molecule has 0 aliphatic rings. The van der Waals surface area contributed by atoms with E-state index in [-0.39, 0.29) is 6.04 Å². The summed E-state index contributed by atoms with van der Waals surface area (Å²) in [5, 5.41) is 7.40. The lowest BCUT2D eigenvalue weighted by Gasteiger charge is -2.11. The second-order valence-corrected chi connectivity index (χ2v) is 4.50. The maximum absolute atomic E-state index is 5.91. The third-order valence-corrected chi connectivity index (χ3v) is 2.67. The Morgan fingerprint density at radius 1 is 1.62 bits per heavy atom. The molecule has 0 saturated heterocycles. The van der Waals surface area contributed by atoms with Crippen LogP contribution in [0.3, 0.4) is 0 Å². The number of hydrogen-bond acceptors (Lipinski definition) is 4. The molecule has 0 aliphatic heterocycles. The van der Waals surface area contributed by atoms with E-state index < -0.39 is 0 Å². The third-order valence-electron chi connectivity index (χ3n) is 1.60. The van der Waals surface area contributed by atoms with Crippen molar-refractivity contribution < 1.29 is 0 Å². The van der Waals surface area contributed by atoms with Gasteiger partial charge in [0.05, 0.1) is 0 Å². The number of thioether (sulfide) groups is 1. The molecule has 0 saturated carbocycles. The molecule has 3 N–H and O–H groups in total. The van der Waals surface area contributed by atoms with Crippen LogP contribution < -0.4 is 5.73 Å². The van der Waals surface area contributed by atoms with Crippen molar-refractivity contribution >= 4 is 11.8 Å². The Morgan fingerprint density at radius 2 is 2.38 bits per heavy atom. The average molecular weight is 200 g/mol. The lowest BCUT2D eigenvalue weighted by atomic mass is 10.1. The maximum Gasteiger partial charge on any atom is 0.183 e. The van der Waals surface area contributed by atoms with Crippen molar-refractivity contribution in [2.75, 3.05) is 5.75 Å². The first kappa shape index (κ1) is 10.5. The van der Waals surface area contributed by atoms with Crippen LogP contribution in [0, 0.1) is 5.92 Å². The smallest absolute Gasteiger partial charge is 0.183 e. The zero-order valence-corrected chi connectivity index (χ0v) is 8.84. The van der Waals surface area contributed by atoms with E-state index in [1.807, 2.05) is 0 Å². The lowest BCUT2D eigenvalue weighted by Crippen LogP contribution is -2.24. The Morgan fingerprint density at radius 3 is 2.92 bits per heavy atom. The molecule has 0 spiro atoms. The highest BCUT2D eigenvalue weighted by atomic mass is 32.2. The first-order chi connectivity index (χ1) is 6.18. The Hall–Kier alpha value is -0.550. The highest BCUT2D eigenvalue weighted by Gasteiger charge is 2.06. The Kier molecular flexibility index (Phi) is 4.24. The van der Waals surface area contributed by atoms with Gasteiger partial charge in [0.25, 0.3) is 0 Å². The van der Waals surface area contributed by atoms with Gasteiger partial charge in [-0.1, -0.05) is 25.6 Å². The summed E-state index contributed by atoms with van der Waals surface area (Å²) in [5.74, 6) is 1.55. The molecule has 1 atom stereocenters. The topological polar surface area (TPSA) is 67.6 Å². The quantitative estimate of drug-likeness (QED) is 0.702. The van der Waals surface area contributed by atoms with Crippen LogP contribution in [-0.2, 0) is 0 Å². The molecule has 74 valence electrons. The van der Waals surface area contributed by atoms with Gasteiger partial charge >= 0.3 is 0 Å². The Bertz CT molecular complexity index is 222. The van der Waals surface area contributed by atoms with Crippen LogP contribution in [0.1, 0.15) is 20.3 Å². The summed E-state index contributed by atoms with van der Waals surface area (Å²) in [6.07, 6.45) is 2.57. The lowest BCUT2D eigenvalue weighted by molar-refractivity contribution is 0.524. The summed E-state index contributed by atoms with van der Waals surface area (Å²) in [7, 11) is 0. The zero-order valence-electron chi connectivity index (χ0n) is 8.03. The molecule has 0 amide bonds. The normalized spacial score (nSPS) is 13.5. The van der Waals surface area contributed by atoms with Crippen LogP contribution in [0.5, 0.6) is 0 Å². The highest BCUT2D eigenvalue weighted by molar-refractivity contribution is 7.99. The standard InChI is InChI=1S/C8H16N4S/c1-6(2)3-7(9)4-13-8-10-5-11-12-8/h5-7H,3-4,9H2,1-2H3,(H,10,11,12)/t7-/m0/s1. The van der Waals surface area contributed by atoms with Crippen molar-refractivity contribution in [3.63, 3.8) is 0 Å². The van der Waals surface area contributed by atoms with Gasteiger partial charge in [-0.3, -0.25) is 5.10 Å². The predicted octanol–water partition coefficient (Wildman–Crippen LogP) is 1.27. The second-order valence-electron chi connectivity index (χ2n) is 3.49. The van der Waals surface area contributed by atoms with E-state index in [1.54, 1.807) is 11.8 Å². The van der Waals surface area contributed by atoms with Crippen LogP contribution in [0.25, 0.3) is 0 Å². The van der Waals surface area contributed by atoms with Gasteiger partial charge in [-0.15, -0.1) is 0 Å². The van der Waals surface area contributed by atoms with E-state index in [0.29, 0.717) is 5.92 Å². The summed E-state index contributed by atoms with van der Waals surface area (Å²) in [6, 6.07) is 0.245. The van der Waals surface area contributed by atoms with Crippen molar-refractivity contribution in [1.82, 2.24) is 15.2 Å². The van der Waals surface area contributed by atoms with Gasteiger partial charge in [0.2, 0.25) is 0 Å². The van der Waals surface area contributed by atoms with Crippen LogP contribution in [0.4, 0.5) is 0 Å². The largest absolute Gasteiger partial charge is 0.327 e. The molecule has 0 radical (unpaired) electrons. The molecule has 4 nitrogen and oxygen atoms in total. The van der Waals surface area contributed by atoms with E-state index in [1.165, 1.54) is 6.33 Å². The van der Waals surface area contributed by atoms with E-state index in [2.05, 4.69) is 29.0 Å². The fourth-order valence-corrected chi connectivity index (χ4v) is 1.87. The summed E-state index contributed by atoms with van der Waals surface area (Å²) in [5.41, 5.74) is 5.91. The summed E-state index contributed by atoms with van der Waals surface area (Å²) >= 11 is 1.62. The van der Waals surface area contributed by atoms with Crippen LogP contribution >= 0.6 is 11.8 Å². The number of nitrogens with zero attached hydrogens (tertiary/aromatic N) is 2. The molecular formula is C8H16N4S. The molecule has 0 aliphatic carbocycles. The fraction of sp³-hybridized carbons (Fsp3) is 0.750. The number of aromatic amines is 1. The number of nitrogens with one attached hydrogen (secondary N) is 1. The summed E-state index contributed by atoms with van der Waals surface area (Å²) in [4.78, 5) is 4.01. The van der Waals surface area contributed by atoms with Gasteiger partial charge in [-0.05, 0) is 12.3 Å². The Labute approximate surface area is 82.7 Å². The number of H-pyrrole nitrogens is 1. The number of nitrogens with two attached hydrogens (primary N) is 1. The summed E-state index contributed by atoms with van der Waals surface area (Å²) in [6.45, 7) is 4.36. The van der Waals surface area contributed by atoms with E-state index >= 15 is 0 Å². The molecule has 1 heterocycles. The first-order valence-corrected chi connectivity index (χ1v) is 5.40. The highest BCUT2D eigenvalue weighted by Crippen LogP contribution is 2.14. The van der Waals surface area contributed by atoms with Crippen molar-refractivity contribution in [2.45, 2.75) is 31.5 Å². The van der Waals surface area contributed by atoms with Crippen molar-refractivity contribution in [2.24, 2.45) is 11.7 Å². The maximum atomic E-state index is 5.91. The molecule has 0 fully saturated rings. The van der Waals surface area contributed by atoms with Crippen LogP contribution in [0.2, 0.25) is 0 Å². The molecular weight excluding hydrogens is 184 g/mol. The molecule has 0 unspecified atom stereocenters. The Balaban J connectivity index is 2.19. The van der Waals surface area contributed by atoms with Gasteiger partial charge in [-0.25, -0.2) is 4.98 Å². The number of aromatic nitrogens is 3. The van der Waals surface area contributed by atoms with E-state index in [0.717, 1.165) is 17.3 Å². The molecule has 1 aromatic rings. The molecule has 13 heavy (non-hydrogen) atoms. The number of hydrogen-bond donors (Lipinski definition) is 2. The van der Waals surface area contributed by atoms with Crippen molar-refractivity contribution in [3.8, 4) is 0 Å². The molecule has 1 aromatic heterocycles. The fourth-order valence-electron chi connectivity index (χ4n) is 1.12. The average Bonchev–Trinajstić information content (AvgIpc) is 2.51. The van der Waals surface area contributed by atoms with Gasteiger partial charge in [0.15, 0.2) is 5.16 Å². The molecule has 5 heteroatoms. The van der Waals surface area contributed by atoms with E-state index in [9.17, 15) is 0 Å². The summed E-state index contributed by atoms with van der Waals surface area (Å²) < 4.78 is 0. The zero-order chi connectivity index (χ0) is 9.68. The minimum atomic E-state index is 0.245.